The number of nitrogens with zero attached hydrogens (tertiary/aromatic N) is 1. The SMILES string of the molecule is c1ccc(-c2ccc(N(c3ccc(-c4ccccc4)cc3)c3ccc(-c4cccc5c4sc4c5ccc5sc6ccccc6c54)cc3)cc2)cc1. The topological polar surface area (TPSA) is 3.24 Å². The lowest BCUT2D eigenvalue weighted by atomic mass is 10.0. The van der Waals surface area contributed by atoms with Crippen molar-refractivity contribution in [1.29, 1.82) is 0 Å². The van der Waals surface area contributed by atoms with Gasteiger partial charge in [0.05, 0.1) is 0 Å². The highest BCUT2D eigenvalue weighted by atomic mass is 32.1. The minimum atomic E-state index is 1.12. The van der Waals surface area contributed by atoms with Gasteiger partial charge in [-0.15, -0.1) is 22.7 Å². The molecule has 0 fully saturated rings. The Labute approximate surface area is 304 Å². The second-order valence-corrected chi connectivity index (χ2v) is 15.0. The van der Waals surface area contributed by atoms with Crippen LogP contribution in [0.1, 0.15) is 0 Å². The average Bonchev–Trinajstić information content (AvgIpc) is 3.78. The third-order valence-electron chi connectivity index (χ3n) is 9.91. The molecule has 0 atom stereocenters. The van der Waals surface area contributed by atoms with Crippen LogP contribution in [0.5, 0.6) is 0 Å². The highest BCUT2D eigenvalue weighted by Crippen LogP contribution is 2.47. The molecular formula is C48H31NS2. The largest absolute Gasteiger partial charge is 0.311 e. The molecule has 0 unspecified atom stereocenters. The molecule has 0 aliphatic rings. The summed E-state index contributed by atoms with van der Waals surface area (Å²) in [5, 5.41) is 5.41. The summed E-state index contributed by atoms with van der Waals surface area (Å²) >= 11 is 3.82. The minimum absolute atomic E-state index is 1.12. The van der Waals surface area contributed by atoms with Crippen LogP contribution >= 0.6 is 22.7 Å². The molecule has 2 heterocycles. The smallest absolute Gasteiger partial charge is 0.0462 e. The van der Waals surface area contributed by atoms with Crippen molar-refractivity contribution in [2.45, 2.75) is 0 Å². The average molecular weight is 686 g/mol. The van der Waals surface area contributed by atoms with E-state index in [9.17, 15) is 0 Å². The van der Waals surface area contributed by atoms with Crippen LogP contribution in [0.15, 0.2) is 188 Å². The molecule has 0 amide bonds. The Hall–Kier alpha value is -6.00. The van der Waals surface area contributed by atoms with Gasteiger partial charge in [0.15, 0.2) is 0 Å². The third-order valence-corrected chi connectivity index (χ3v) is 12.3. The Bertz CT molecular complexity index is 2730. The summed E-state index contributed by atoms with van der Waals surface area (Å²) in [7, 11) is 0. The van der Waals surface area contributed by atoms with E-state index in [1.807, 2.05) is 22.7 Å². The number of fused-ring (bicyclic) bond motifs is 7. The van der Waals surface area contributed by atoms with Crippen LogP contribution in [-0.4, -0.2) is 0 Å². The zero-order chi connectivity index (χ0) is 33.7. The standard InChI is InChI=1S/C48H31NS2/c1-3-10-32(11-4-1)34-18-24-37(25-19-34)49(38-26-20-35(21-27-38)33-12-5-2-6-13-33)39-28-22-36(23-29-39)40-15-9-16-41-42-30-31-45-46(48(42)51-47(40)41)43-14-7-8-17-44(43)50-45/h1-31H. The number of anilines is 3. The Kier molecular flexibility index (Phi) is 7.26. The number of hydrogen-bond acceptors (Lipinski definition) is 3. The fourth-order valence-corrected chi connectivity index (χ4v) is 9.97. The van der Waals surface area contributed by atoms with E-state index in [1.165, 1.54) is 73.7 Å². The van der Waals surface area contributed by atoms with Gasteiger partial charge in [-0.1, -0.05) is 140 Å². The maximum Gasteiger partial charge on any atom is 0.0462 e. The van der Waals surface area contributed by atoms with E-state index in [0.717, 1.165) is 17.1 Å². The van der Waals surface area contributed by atoms with Crippen molar-refractivity contribution >= 4 is 80.1 Å². The summed E-state index contributed by atoms with van der Waals surface area (Å²) in [5.74, 6) is 0. The lowest BCUT2D eigenvalue weighted by molar-refractivity contribution is 1.28. The Morgan fingerprint density at radius 3 is 1.39 bits per heavy atom. The second kappa shape index (κ2) is 12.4. The molecule has 10 aromatic rings. The molecule has 1 nitrogen and oxygen atoms in total. The maximum absolute atomic E-state index is 2.35. The van der Waals surface area contributed by atoms with Crippen molar-refractivity contribution in [3.63, 3.8) is 0 Å². The Balaban J connectivity index is 1.06. The first-order chi connectivity index (χ1) is 25.3. The van der Waals surface area contributed by atoms with Gasteiger partial charge in [0, 0.05) is 57.4 Å². The second-order valence-electron chi connectivity index (χ2n) is 12.9. The lowest BCUT2D eigenvalue weighted by Gasteiger charge is -2.26. The molecule has 3 heteroatoms. The summed E-state index contributed by atoms with van der Waals surface area (Å²) in [6.07, 6.45) is 0. The number of hydrogen-bond donors (Lipinski definition) is 0. The van der Waals surface area contributed by atoms with Crippen molar-refractivity contribution < 1.29 is 0 Å². The molecule has 0 aliphatic carbocycles. The quantitative estimate of drug-likeness (QED) is 0.168. The van der Waals surface area contributed by atoms with Gasteiger partial charge in [-0.2, -0.15) is 0 Å². The molecule has 0 aliphatic heterocycles. The highest BCUT2D eigenvalue weighted by molar-refractivity contribution is 7.30. The van der Waals surface area contributed by atoms with E-state index in [-0.39, 0.29) is 0 Å². The van der Waals surface area contributed by atoms with E-state index < -0.39 is 0 Å². The van der Waals surface area contributed by atoms with Crippen LogP contribution < -0.4 is 4.90 Å². The van der Waals surface area contributed by atoms with E-state index in [4.69, 9.17) is 0 Å². The predicted molar refractivity (Wildman–Crippen MR) is 223 cm³/mol. The molecule has 0 N–H and O–H groups in total. The molecule has 0 spiro atoms. The predicted octanol–water partition coefficient (Wildman–Crippen LogP) is 14.9. The van der Waals surface area contributed by atoms with Gasteiger partial charge in [-0.25, -0.2) is 0 Å². The molecule has 0 radical (unpaired) electrons. The lowest BCUT2D eigenvalue weighted by Crippen LogP contribution is -2.09. The molecule has 240 valence electrons. The number of thiophene rings is 2. The van der Waals surface area contributed by atoms with Crippen LogP contribution in [0.4, 0.5) is 17.1 Å². The van der Waals surface area contributed by atoms with E-state index in [2.05, 4.69) is 193 Å². The molecule has 8 aromatic carbocycles. The Morgan fingerprint density at radius 1 is 0.294 bits per heavy atom. The fraction of sp³-hybridized carbons (Fsp3) is 0. The molecule has 0 bridgehead atoms. The highest BCUT2D eigenvalue weighted by Gasteiger charge is 2.17. The van der Waals surface area contributed by atoms with Crippen LogP contribution in [-0.2, 0) is 0 Å². The molecular weight excluding hydrogens is 655 g/mol. The monoisotopic (exact) mass is 685 g/mol. The summed E-state index contributed by atoms with van der Waals surface area (Å²) in [4.78, 5) is 2.35. The third kappa shape index (κ3) is 5.21. The number of benzene rings is 8. The Morgan fingerprint density at radius 2 is 0.784 bits per heavy atom. The van der Waals surface area contributed by atoms with Crippen molar-refractivity contribution in [2.75, 3.05) is 4.90 Å². The van der Waals surface area contributed by atoms with Gasteiger partial charge in [0.1, 0.15) is 0 Å². The van der Waals surface area contributed by atoms with E-state index in [0.29, 0.717) is 0 Å². The van der Waals surface area contributed by atoms with Crippen LogP contribution in [0, 0.1) is 0 Å². The van der Waals surface area contributed by atoms with Crippen LogP contribution in [0.3, 0.4) is 0 Å². The van der Waals surface area contributed by atoms with Gasteiger partial charge in [0.2, 0.25) is 0 Å². The first kappa shape index (κ1) is 29.9. The molecule has 0 saturated carbocycles. The zero-order valence-corrected chi connectivity index (χ0v) is 29.3. The molecule has 0 saturated heterocycles. The van der Waals surface area contributed by atoms with Crippen LogP contribution in [0.2, 0.25) is 0 Å². The van der Waals surface area contributed by atoms with Crippen LogP contribution in [0.25, 0.3) is 73.7 Å². The number of rotatable bonds is 6. The fourth-order valence-electron chi connectivity index (χ4n) is 7.40. The van der Waals surface area contributed by atoms with Gasteiger partial charge in [-0.3, -0.25) is 0 Å². The summed E-state index contributed by atoms with van der Waals surface area (Å²) in [6.45, 7) is 0. The van der Waals surface area contributed by atoms with Crippen molar-refractivity contribution in [3.8, 4) is 33.4 Å². The summed E-state index contributed by atoms with van der Waals surface area (Å²) in [5.41, 5.74) is 10.7. The molecule has 2 aromatic heterocycles. The first-order valence-electron chi connectivity index (χ1n) is 17.3. The molecule has 10 rings (SSSR count). The van der Waals surface area contributed by atoms with Crippen molar-refractivity contribution in [2.24, 2.45) is 0 Å². The first-order valence-corrected chi connectivity index (χ1v) is 18.9. The van der Waals surface area contributed by atoms with Crippen molar-refractivity contribution in [1.82, 2.24) is 0 Å². The zero-order valence-electron chi connectivity index (χ0n) is 27.7. The van der Waals surface area contributed by atoms with Gasteiger partial charge in [-0.05, 0) is 81.9 Å². The van der Waals surface area contributed by atoms with Crippen molar-refractivity contribution in [3.05, 3.63) is 188 Å². The van der Waals surface area contributed by atoms with Gasteiger partial charge < -0.3 is 4.90 Å². The normalized spacial score (nSPS) is 11.5. The van der Waals surface area contributed by atoms with E-state index >= 15 is 0 Å². The van der Waals surface area contributed by atoms with E-state index in [1.54, 1.807) is 0 Å². The van der Waals surface area contributed by atoms with Gasteiger partial charge in [0.25, 0.3) is 0 Å². The maximum atomic E-state index is 2.35. The molecule has 51 heavy (non-hydrogen) atoms. The van der Waals surface area contributed by atoms with Gasteiger partial charge >= 0.3 is 0 Å². The minimum Gasteiger partial charge on any atom is -0.311 e. The summed E-state index contributed by atoms with van der Waals surface area (Å²) in [6, 6.07) is 68.3. The summed E-state index contributed by atoms with van der Waals surface area (Å²) < 4.78 is 5.43.